The first-order valence-electron chi connectivity index (χ1n) is 19.7. The molecule has 4 heterocycles. The van der Waals surface area contributed by atoms with Gasteiger partial charge in [-0.05, 0) is 119 Å². The van der Waals surface area contributed by atoms with Gasteiger partial charge in [-0.25, -0.2) is 4.98 Å². The third kappa shape index (κ3) is 9.55. The van der Waals surface area contributed by atoms with Crippen LogP contribution in [0.15, 0.2) is 126 Å². The standard InChI is InChI=1S/C24H22N2O4.C16H13BrN2O3.C7H9NO.CH4/c1-28-20-5-3-2-4-16(20)12-18-7-8-19(14-25-18)26-23(27)24(10-11-24)17-6-9-21-22(13-17)30-15-29-21;17-14-4-2-11(8-18-14)19-15(20)16(5-6-16)10-1-3-12-13(7-10)22-9-21-12;1-9-7-5-3-2-4-6(7)8;/h2-9,13-14H,10-12,15H2,1H3,(H,26,27);1-4,7-8H,5-6,9H2,(H,19,20);2-5H,8H2,1H3;1H4. The molecule has 13 nitrogen and oxygen atoms in total. The lowest BCUT2D eigenvalue weighted by atomic mass is 9.94. The highest BCUT2D eigenvalue weighted by molar-refractivity contribution is 9.10. The van der Waals surface area contributed by atoms with Crippen LogP contribution in [-0.4, -0.2) is 49.6 Å². The summed E-state index contributed by atoms with van der Waals surface area (Å²) in [5.74, 6) is 4.43. The van der Waals surface area contributed by atoms with E-state index in [4.69, 9.17) is 34.2 Å². The summed E-state index contributed by atoms with van der Waals surface area (Å²) in [6.45, 7) is 0.466. The third-order valence-corrected chi connectivity index (χ3v) is 11.5. The zero-order valence-corrected chi connectivity index (χ0v) is 35.2. The summed E-state index contributed by atoms with van der Waals surface area (Å²) in [7, 11) is 3.27. The molecule has 2 aromatic heterocycles. The lowest BCUT2D eigenvalue weighted by Gasteiger charge is -2.16. The van der Waals surface area contributed by atoms with E-state index in [1.807, 2.05) is 97.1 Å². The number of aromatic nitrogens is 2. The molecule has 0 radical (unpaired) electrons. The van der Waals surface area contributed by atoms with Gasteiger partial charge in [-0.3, -0.25) is 14.6 Å². The summed E-state index contributed by atoms with van der Waals surface area (Å²) in [5, 5.41) is 5.97. The van der Waals surface area contributed by atoms with E-state index in [1.165, 1.54) is 0 Å². The minimum Gasteiger partial charge on any atom is -0.496 e. The number of halogens is 1. The predicted molar refractivity (Wildman–Crippen MR) is 240 cm³/mol. The Hall–Kier alpha value is -6.80. The van der Waals surface area contributed by atoms with Gasteiger partial charge in [0.05, 0.1) is 54.5 Å². The van der Waals surface area contributed by atoms with E-state index in [2.05, 4.69) is 36.5 Å². The fraction of sp³-hybridized carbons (Fsp3) is 0.250. The van der Waals surface area contributed by atoms with Crippen molar-refractivity contribution in [1.82, 2.24) is 9.97 Å². The van der Waals surface area contributed by atoms with E-state index in [0.29, 0.717) is 35.0 Å². The van der Waals surface area contributed by atoms with Crippen LogP contribution < -0.4 is 44.8 Å². The van der Waals surface area contributed by atoms with Crippen LogP contribution in [0.3, 0.4) is 0 Å². The Morgan fingerprint density at radius 3 is 1.61 bits per heavy atom. The Bertz CT molecular complexity index is 2530. The second-order valence-corrected chi connectivity index (χ2v) is 15.7. The van der Waals surface area contributed by atoms with Crippen LogP contribution in [0.5, 0.6) is 34.5 Å². The van der Waals surface area contributed by atoms with Crippen molar-refractivity contribution < 1.29 is 38.0 Å². The smallest absolute Gasteiger partial charge is 0.235 e. The first-order valence-corrected chi connectivity index (χ1v) is 20.5. The highest BCUT2D eigenvalue weighted by Gasteiger charge is 2.52. The fourth-order valence-corrected chi connectivity index (χ4v) is 7.43. The molecule has 2 fully saturated rings. The van der Waals surface area contributed by atoms with E-state index >= 15 is 0 Å². The van der Waals surface area contributed by atoms with E-state index in [0.717, 1.165) is 75.7 Å². The van der Waals surface area contributed by atoms with Crippen LogP contribution >= 0.6 is 15.9 Å². The van der Waals surface area contributed by atoms with Gasteiger partial charge in [0.15, 0.2) is 23.0 Å². The molecule has 2 aliphatic carbocycles. The molecule has 320 valence electrons. The second-order valence-electron chi connectivity index (χ2n) is 14.8. The fourth-order valence-electron chi connectivity index (χ4n) is 7.20. The Labute approximate surface area is 369 Å². The Morgan fingerprint density at radius 1 is 0.645 bits per heavy atom. The highest BCUT2D eigenvalue weighted by atomic mass is 79.9. The second kappa shape index (κ2) is 18.9. The van der Waals surface area contributed by atoms with Gasteiger partial charge in [-0.2, -0.15) is 0 Å². The van der Waals surface area contributed by atoms with Gasteiger partial charge < -0.3 is 44.8 Å². The van der Waals surface area contributed by atoms with Crippen molar-refractivity contribution in [2.75, 3.05) is 44.2 Å². The monoisotopic (exact) mass is 901 g/mol. The molecule has 62 heavy (non-hydrogen) atoms. The molecule has 0 saturated heterocycles. The maximum absolute atomic E-state index is 13.0. The van der Waals surface area contributed by atoms with Crippen LogP contribution in [-0.2, 0) is 26.8 Å². The molecule has 0 unspecified atom stereocenters. The molecule has 0 bridgehead atoms. The minimum atomic E-state index is -0.503. The van der Waals surface area contributed by atoms with Crippen LogP contribution in [0.2, 0.25) is 0 Å². The number of para-hydroxylation sites is 3. The van der Waals surface area contributed by atoms with Gasteiger partial charge in [-0.15, -0.1) is 0 Å². The summed E-state index contributed by atoms with van der Waals surface area (Å²) in [6, 6.07) is 34.2. The SMILES string of the molecule is C.COc1ccccc1Cc1ccc(NC(=O)C2(c3ccc4c(c3)OCO4)CC2)cn1.COc1ccccc1N.O=C(Nc1ccc(Br)nc1)C1(c2ccc3c(c2)OCO3)CC1. The van der Waals surface area contributed by atoms with Crippen molar-refractivity contribution in [1.29, 1.82) is 0 Å². The molecule has 6 aromatic rings. The highest BCUT2D eigenvalue weighted by Crippen LogP contribution is 2.52. The van der Waals surface area contributed by atoms with Gasteiger partial charge in [-0.1, -0.05) is 49.9 Å². The molecule has 4 aliphatic rings. The first kappa shape index (κ1) is 43.3. The number of hydrogen-bond acceptors (Lipinski definition) is 11. The number of ether oxygens (including phenoxy) is 6. The number of amides is 2. The summed E-state index contributed by atoms with van der Waals surface area (Å²) in [6.07, 6.45) is 7.32. The average molecular weight is 903 g/mol. The first-order chi connectivity index (χ1) is 29.7. The molecule has 4 N–H and O–H groups in total. The number of hydrogen-bond donors (Lipinski definition) is 3. The number of carbonyl (C=O) groups is 2. The third-order valence-electron chi connectivity index (χ3n) is 11.0. The summed E-state index contributed by atoms with van der Waals surface area (Å²) < 4.78 is 32.6. The number of benzene rings is 4. The molecule has 10 rings (SSSR count). The molecule has 0 spiro atoms. The number of rotatable bonds is 10. The van der Waals surface area contributed by atoms with E-state index in [9.17, 15) is 9.59 Å². The van der Waals surface area contributed by atoms with Crippen molar-refractivity contribution in [2.45, 2.75) is 50.4 Å². The molecule has 4 aromatic carbocycles. The number of anilines is 3. The Morgan fingerprint density at radius 2 is 1.15 bits per heavy atom. The molecule has 14 heteroatoms. The maximum Gasteiger partial charge on any atom is 0.235 e. The van der Waals surface area contributed by atoms with E-state index in [-0.39, 0.29) is 32.8 Å². The molecule has 2 amide bonds. The normalized spacial score (nSPS) is 14.9. The number of nitrogen functional groups attached to an aromatic ring is 1. The van der Waals surface area contributed by atoms with Crippen molar-refractivity contribution >= 4 is 44.8 Å². The van der Waals surface area contributed by atoms with Crippen molar-refractivity contribution in [2.24, 2.45) is 0 Å². The predicted octanol–water partition coefficient (Wildman–Crippen LogP) is 9.24. The minimum absolute atomic E-state index is 0. The van der Waals surface area contributed by atoms with Crippen LogP contribution in [0.4, 0.5) is 17.1 Å². The number of methoxy groups -OCH3 is 2. The largest absolute Gasteiger partial charge is 0.496 e. The maximum atomic E-state index is 13.0. The van der Waals surface area contributed by atoms with Crippen LogP contribution in [0, 0.1) is 0 Å². The number of fused-ring (bicyclic) bond motifs is 2. The van der Waals surface area contributed by atoms with Crippen molar-refractivity contribution in [3.63, 3.8) is 0 Å². The van der Waals surface area contributed by atoms with Gasteiger partial charge in [0.2, 0.25) is 25.4 Å². The number of nitrogens with two attached hydrogens (primary N) is 1. The molecule has 2 aliphatic heterocycles. The van der Waals surface area contributed by atoms with Gasteiger partial charge in [0, 0.05) is 17.7 Å². The lowest BCUT2D eigenvalue weighted by molar-refractivity contribution is -0.119. The molecular formula is C48H48BrN5O8. The zero-order chi connectivity index (χ0) is 42.4. The zero-order valence-electron chi connectivity index (χ0n) is 33.6. The van der Waals surface area contributed by atoms with Crippen LogP contribution in [0.1, 0.15) is 55.5 Å². The van der Waals surface area contributed by atoms with Crippen molar-refractivity contribution in [3.8, 4) is 34.5 Å². The summed E-state index contributed by atoms with van der Waals surface area (Å²) in [4.78, 5) is 34.3. The Kier molecular flexibility index (Phi) is 13.2. The quantitative estimate of drug-likeness (QED) is 0.0887. The lowest BCUT2D eigenvalue weighted by Crippen LogP contribution is -2.27. The Balaban J connectivity index is 0.000000158. The summed E-state index contributed by atoms with van der Waals surface area (Å²) >= 11 is 3.28. The van der Waals surface area contributed by atoms with Crippen molar-refractivity contribution in [3.05, 3.63) is 149 Å². The average Bonchev–Trinajstić information content (AvgIpc) is 4.18. The van der Waals surface area contributed by atoms with E-state index in [1.54, 1.807) is 38.7 Å². The molecular weight excluding hydrogens is 854 g/mol. The molecule has 0 atom stereocenters. The summed E-state index contributed by atoms with van der Waals surface area (Å²) in [5.41, 5.74) is 10.5. The topological polar surface area (TPSA) is 165 Å². The molecule has 2 saturated carbocycles. The van der Waals surface area contributed by atoms with Gasteiger partial charge in [0.25, 0.3) is 0 Å². The van der Waals surface area contributed by atoms with E-state index < -0.39 is 10.8 Å². The van der Waals surface area contributed by atoms with Gasteiger partial charge in [0.1, 0.15) is 16.1 Å². The number of nitrogens with one attached hydrogen (secondary N) is 2. The number of pyridine rings is 2. The van der Waals surface area contributed by atoms with Gasteiger partial charge >= 0.3 is 0 Å². The number of carbonyl (C=O) groups excluding carboxylic acids is 2. The van der Waals surface area contributed by atoms with Crippen LogP contribution in [0.25, 0.3) is 0 Å². The number of nitrogens with zero attached hydrogens (tertiary/aromatic N) is 2.